The summed E-state index contributed by atoms with van der Waals surface area (Å²) in [7, 11) is 0. The summed E-state index contributed by atoms with van der Waals surface area (Å²) in [5.74, 6) is -0.360. The Kier molecular flexibility index (Phi) is 4.61. The summed E-state index contributed by atoms with van der Waals surface area (Å²) in [6.07, 6.45) is 0. The molecule has 0 radical (unpaired) electrons. The van der Waals surface area contributed by atoms with Crippen molar-refractivity contribution < 1.29 is 9.31 Å². The molecule has 0 aliphatic carbocycles. The largest absolute Gasteiger partial charge is 0.375 e. The number of hydrogen-bond donors (Lipinski definition) is 2. The lowest BCUT2D eigenvalue weighted by Gasteiger charge is -2.21. The standard InChI is InChI=1S/C12H18FN3O2/c1-7(2)11(6-14)15-10-4-8(3)9(13)5-12(10)16(17)18/h4-5,7,11,15H,6,14H2,1-3H3. The number of nitrogens with zero attached hydrogens (tertiary/aromatic N) is 1. The van der Waals surface area contributed by atoms with E-state index in [0.717, 1.165) is 6.07 Å². The molecule has 1 atom stereocenters. The van der Waals surface area contributed by atoms with E-state index in [2.05, 4.69) is 5.32 Å². The first kappa shape index (κ1) is 14.4. The fourth-order valence-electron chi connectivity index (χ4n) is 1.64. The van der Waals surface area contributed by atoms with Crippen LogP contribution < -0.4 is 11.1 Å². The second kappa shape index (κ2) is 5.77. The maximum Gasteiger partial charge on any atom is 0.295 e. The smallest absolute Gasteiger partial charge is 0.295 e. The van der Waals surface area contributed by atoms with Crippen LogP contribution in [0.15, 0.2) is 12.1 Å². The van der Waals surface area contributed by atoms with E-state index in [1.165, 1.54) is 6.07 Å². The molecule has 100 valence electrons. The van der Waals surface area contributed by atoms with E-state index in [0.29, 0.717) is 17.8 Å². The van der Waals surface area contributed by atoms with Crippen molar-refractivity contribution in [3.8, 4) is 0 Å². The van der Waals surface area contributed by atoms with Crippen LogP contribution in [-0.4, -0.2) is 17.5 Å². The van der Waals surface area contributed by atoms with E-state index in [4.69, 9.17) is 5.73 Å². The third kappa shape index (κ3) is 3.16. The monoisotopic (exact) mass is 255 g/mol. The number of rotatable bonds is 5. The van der Waals surface area contributed by atoms with Crippen molar-refractivity contribution in [2.45, 2.75) is 26.8 Å². The van der Waals surface area contributed by atoms with Crippen molar-refractivity contribution in [1.82, 2.24) is 0 Å². The van der Waals surface area contributed by atoms with Gasteiger partial charge in [-0.25, -0.2) is 4.39 Å². The van der Waals surface area contributed by atoms with Crippen LogP contribution in [0.2, 0.25) is 0 Å². The predicted molar refractivity (Wildman–Crippen MR) is 69.1 cm³/mol. The fraction of sp³-hybridized carbons (Fsp3) is 0.500. The minimum absolute atomic E-state index is 0.0893. The maximum atomic E-state index is 13.3. The number of nitrogens with two attached hydrogens (primary N) is 1. The molecule has 0 aliphatic rings. The average Bonchev–Trinajstić information content (AvgIpc) is 2.29. The molecule has 0 aromatic heterocycles. The number of nitrogens with one attached hydrogen (secondary N) is 1. The van der Waals surface area contributed by atoms with Gasteiger partial charge in [-0.1, -0.05) is 13.8 Å². The Morgan fingerprint density at radius 3 is 2.56 bits per heavy atom. The Hall–Kier alpha value is -1.69. The highest BCUT2D eigenvalue weighted by molar-refractivity contribution is 5.63. The van der Waals surface area contributed by atoms with E-state index in [-0.39, 0.29) is 17.6 Å². The van der Waals surface area contributed by atoms with Gasteiger partial charge in [0.25, 0.3) is 5.69 Å². The summed E-state index contributed by atoms with van der Waals surface area (Å²) in [5, 5.41) is 13.9. The molecule has 1 aromatic rings. The highest BCUT2D eigenvalue weighted by Crippen LogP contribution is 2.28. The lowest BCUT2D eigenvalue weighted by Crippen LogP contribution is -2.33. The van der Waals surface area contributed by atoms with E-state index in [1.54, 1.807) is 6.92 Å². The second-order valence-electron chi connectivity index (χ2n) is 4.61. The number of aryl methyl sites for hydroxylation is 1. The van der Waals surface area contributed by atoms with Gasteiger partial charge in [0.05, 0.1) is 11.0 Å². The Bertz CT molecular complexity index is 449. The molecule has 0 saturated heterocycles. The van der Waals surface area contributed by atoms with Crippen LogP contribution in [0.1, 0.15) is 19.4 Å². The van der Waals surface area contributed by atoms with Crippen molar-refractivity contribution in [2.24, 2.45) is 11.7 Å². The SMILES string of the molecule is Cc1cc(NC(CN)C(C)C)c([N+](=O)[O-])cc1F. The van der Waals surface area contributed by atoms with Crippen molar-refractivity contribution in [3.05, 3.63) is 33.6 Å². The van der Waals surface area contributed by atoms with Gasteiger partial charge >= 0.3 is 0 Å². The summed E-state index contributed by atoms with van der Waals surface area (Å²) in [6.45, 7) is 5.85. The van der Waals surface area contributed by atoms with E-state index < -0.39 is 10.7 Å². The lowest BCUT2D eigenvalue weighted by molar-refractivity contribution is -0.384. The molecular weight excluding hydrogens is 237 g/mol. The highest BCUT2D eigenvalue weighted by Gasteiger charge is 2.20. The first-order valence-electron chi connectivity index (χ1n) is 5.78. The molecular formula is C12H18FN3O2. The topological polar surface area (TPSA) is 81.2 Å². The minimum atomic E-state index is -0.598. The first-order chi connectivity index (χ1) is 8.36. The fourth-order valence-corrected chi connectivity index (χ4v) is 1.64. The molecule has 3 N–H and O–H groups in total. The zero-order chi connectivity index (χ0) is 13.9. The molecule has 0 heterocycles. The van der Waals surface area contributed by atoms with Crippen molar-refractivity contribution in [2.75, 3.05) is 11.9 Å². The maximum absolute atomic E-state index is 13.3. The number of anilines is 1. The van der Waals surface area contributed by atoms with Gasteiger partial charge < -0.3 is 11.1 Å². The predicted octanol–water partition coefficient (Wildman–Crippen LogP) is 2.44. The molecule has 0 saturated carbocycles. The van der Waals surface area contributed by atoms with E-state index >= 15 is 0 Å². The minimum Gasteiger partial charge on any atom is -0.375 e. The van der Waals surface area contributed by atoms with E-state index in [9.17, 15) is 14.5 Å². The van der Waals surface area contributed by atoms with Gasteiger partial charge in [0.15, 0.2) is 0 Å². The molecule has 0 aliphatic heterocycles. The summed E-state index contributed by atoms with van der Waals surface area (Å²) >= 11 is 0. The molecule has 0 amide bonds. The summed E-state index contributed by atoms with van der Waals surface area (Å²) < 4.78 is 13.3. The molecule has 1 rings (SSSR count). The van der Waals surface area contributed by atoms with Gasteiger partial charge in [-0.05, 0) is 24.5 Å². The first-order valence-corrected chi connectivity index (χ1v) is 5.78. The number of nitro groups is 1. The second-order valence-corrected chi connectivity index (χ2v) is 4.61. The average molecular weight is 255 g/mol. The highest BCUT2D eigenvalue weighted by atomic mass is 19.1. The summed E-state index contributed by atoms with van der Waals surface area (Å²) in [6, 6.07) is 2.29. The molecule has 0 spiro atoms. The quantitative estimate of drug-likeness (QED) is 0.625. The summed E-state index contributed by atoms with van der Waals surface area (Å²) in [5.41, 5.74) is 6.01. The van der Waals surface area contributed by atoms with Crippen LogP contribution in [0.3, 0.4) is 0 Å². The molecule has 18 heavy (non-hydrogen) atoms. The number of hydrogen-bond acceptors (Lipinski definition) is 4. The van der Waals surface area contributed by atoms with Crippen molar-refractivity contribution in [1.29, 1.82) is 0 Å². The van der Waals surface area contributed by atoms with Crippen LogP contribution in [0, 0.1) is 28.8 Å². The third-order valence-corrected chi connectivity index (χ3v) is 2.87. The Morgan fingerprint density at radius 2 is 2.11 bits per heavy atom. The van der Waals surface area contributed by atoms with E-state index in [1.807, 2.05) is 13.8 Å². The van der Waals surface area contributed by atoms with Crippen LogP contribution in [0.5, 0.6) is 0 Å². The van der Waals surface area contributed by atoms with Crippen LogP contribution in [0.25, 0.3) is 0 Å². The molecule has 1 aromatic carbocycles. The zero-order valence-corrected chi connectivity index (χ0v) is 10.7. The molecule has 0 fully saturated rings. The number of nitro benzene ring substituents is 1. The number of benzene rings is 1. The van der Waals surface area contributed by atoms with Crippen LogP contribution in [-0.2, 0) is 0 Å². The normalized spacial score (nSPS) is 12.6. The van der Waals surface area contributed by atoms with Gasteiger partial charge in [-0.3, -0.25) is 10.1 Å². The lowest BCUT2D eigenvalue weighted by atomic mass is 10.0. The van der Waals surface area contributed by atoms with Gasteiger partial charge in [0.2, 0.25) is 0 Å². The van der Waals surface area contributed by atoms with Gasteiger partial charge in [-0.2, -0.15) is 0 Å². The van der Waals surface area contributed by atoms with Crippen LogP contribution >= 0.6 is 0 Å². The summed E-state index contributed by atoms with van der Waals surface area (Å²) in [4.78, 5) is 10.3. The van der Waals surface area contributed by atoms with Gasteiger partial charge in [0, 0.05) is 12.6 Å². The molecule has 5 nitrogen and oxygen atoms in total. The third-order valence-electron chi connectivity index (χ3n) is 2.87. The Morgan fingerprint density at radius 1 is 1.50 bits per heavy atom. The Labute approximate surface area is 105 Å². The van der Waals surface area contributed by atoms with Crippen molar-refractivity contribution >= 4 is 11.4 Å². The number of halogens is 1. The molecule has 0 bridgehead atoms. The van der Waals surface area contributed by atoms with Gasteiger partial charge in [-0.15, -0.1) is 0 Å². The van der Waals surface area contributed by atoms with Crippen molar-refractivity contribution in [3.63, 3.8) is 0 Å². The molecule has 6 heteroatoms. The zero-order valence-electron chi connectivity index (χ0n) is 10.7. The van der Waals surface area contributed by atoms with Gasteiger partial charge in [0.1, 0.15) is 11.5 Å². The van der Waals surface area contributed by atoms with Crippen LogP contribution in [0.4, 0.5) is 15.8 Å². The Balaban J connectivity index is 3.14. The molecule has 1 unspecified atom stereocenters.